The summed E-state index contributed by atoms with van der Waals surface area (Å²) in [6.45, 7) is 3.94. The largest absolute Gasteiger partial charge is 0.341 e. The molecule has 32 heavy (non-hydrogen) atoms. The summed E-state index contributed by atoms with van der Waals surface area (Å²) < 4.78 is 26.9. The van der Waals surface area contributed by atoms with Gasteiger partial charge in [-0.25, -0.2) is 18.7 Å². The van der Waals surface area contributed by atoms with E-state index in [1.165, 1.54) is 18.9 Å². The Morgan fingerprint density at radius 3 is 2.72 bits per heavy atom. The van der Waals surface area contributed by atoms with Crippen LogP contribution in [-0.2, 0) is 0 Å². The number of hydrogen-bond donors (Lipinski definition) is 2. The van der Waals surface area contributed by atoms with E-state index in [0.717, 1.165) is 56.3 Å². The highest BCUT2D eigenvalue weighted by Crippen LogP contribution is 2.32. The molecule has 1 aromatic carbocycles. The van der Waals surface area contributed by atoms with Crippen molar-refractivity contribution < 1.29 is 13.6 Å². The zero-order valence-corrected chi connectivity index (χ0v) is 17.9. The van der Waals surface area contributed by atoms with Crippen LogP contribution in [0.5, 0.6) is 0 Å². The van der Waals surface area contributed by atoms with Gasteiger partial charge in [-0.05, 0) is 55.9 Å². The third-order valence-electron chi connectivity index (χ3n) is 6.88. The number of nitrogens with one attached hydrogen (secondary N) is 2. The van der Waals surface area contributed by atoms with Gasteiger partial charge in [0.1, 0.15) is 0 Å². The van der Waals surface area contributed by atoms with Crippen LogP contribution in [0.3, 0.4) is 0 Å². The summed E-state index contributed by atoms with van der Waals surface area (Å²) in [5.41, 5.74) is 7.88. The molecule has 0 aliphatic carbocycles. The van der Waals surface area contributed by atoms with Gasteiger partial charge >= 0.3 is 0 Å². The number of hydrogen-bond acceptors (Lipinski definition) is 6. The van der Waals surface area contributed by atoms with E-state index in [4.69, 9.17) is 4.98 Å². The molecule has 1 aromatic heterocycles. The third-order valence-corrected chi connectivity index (χ3v) is 6.88. The Bertz CT molecular complexity index is 983. The van der Waals surface area contributed by atoms with Gasteiger partial charge in [-0.3, -0.25) is 15.6 Å². The first-order valence-electron chi connectivity index (χ1n) is 11.4. The van der Waals surface area contributed by atoms with Gasteiger partial charge in [-0.2, -0.15) is 0 Å². The first-order chi connectivity index (χ1) is 15.6. The highest BCUT2D eigenvalue weighted by molar-refractivity contribution is 5.94. The van der Waals surface area contributed by atoms with E-state index < -0.39 is 11.6 Å². The topological polar surface area (TPSA) is 73.4 Å². The molecule has 0 saturated carbocycles. The molecule has 4 heterocycles. The Kier molecular flexibility index (Phi) is 6.01. The summed E-state index contributed by atoms with van der Waals surface area (Å²) in [6.07, 6.45) is 6.04. The van der Waals surface area contributed by atoms with Crippen LogP contribution in [0.15, 0.2) is 30.5 Å². The minimum Gasteiger partial charge on any atom is -0.341 e. The van der Waals surface area contributed by atoms with Crippen molar-refractivity contribution in [1.82, 2.24) is 25.7 Å². The van der Waals surface area contributed by atoms with Crippen molar-refractivity contribution in [3.8, 4) is 0 Å². The Balaban J connectivity index is 1.31. The van der Waals surface area contributed by atoms with Crippen molar-refractivity contribution in [3.63, 3.8) is 0 Å². The number of benzene rings is 1. The summed E-state index contributed by atoms with van der Waals surface area (Å²) in [6, 6.07) is 5.45. The zero-order chi connectivity index (χ0) is 22.1. The molecule has 2 aromatic rings. The van der Waals surface area contributed by atoms with Crippen molar-refractivity contribution in [2.45, 2.75) is 37.6 Å². The molecule has 9 heteroatoms. The van der Waals surface area contributed by atoms with Crippen LogP contribution in [0.4, 0.5) is 14.7 Å². The molecule has 0 bridgehead atoms. The van der Waals surface area contributed by atoms with Gasteiger partial charge in [-0.1, -0.05) is 0 Å². The van der Waals surface area contributed by atoms with Gasteiger partial charge in [0.25, 0.3) is 5.91 Å². The minimum absolute atomic E-state index is 0.122. The molecule has 3 saturated heterocycles. The number of anilines is 1. The highest BCUT2D eigenvalue weighted by Gasteiger charge is 2.38. The second kappa shape index (κ2) is 9.07. The average molecular weight is 443 g/mol. The maximum atomic E-state index is 13.6. The van der Waals surface area contributed by atoms with E-state index in [9.17, 15) is 13.6 Å². The lowest BCUT2D eigenvalue weighted by molar-refractivity contribution is 0.0643. The Hall–Kier alpha value is -2.65. The van der Waals surface area contributed by atoms with Gasteiger partial charge in [-0.15, -0.1) is 0 Å². The number of carbonyl (C=O) groups excluding carboxylic acids is 1. The van der Waals surface area contributed by atoms with Crippen molar-refractivity contribution in [1.29, 1.82) is 0 Å². The van der Waals surface area contributed by atoms with E-state index in [0.29, 0.717) is 13.1 Å². The van der Waals surface area contributed by atoms with Crippen LogP contribution in [-0.4, -0.2) is 59.5 Å². The predicted octanol–water partition coefficient (Wildman–Crippen LogP) is 2.47. The number of carbonyl (C=O) groups is 1. The molecule has 3 unspecified atom stereocenters. The Labute approximate surface area is 186 Å². The van der Waals surface area contributed by atoms with Crippen molar-refractivity contribution in [2.24, 2.45) is 5.92 Å². The number of nitrogens with zero attached hydrogens (tertiary/aromatic N) is 4. The lowest BCUT2D eigenvalue weighted by Gasteiger charge is -2.37. The molecule has 7 nitrogen and oxygen atoms in total. The molecule has 1 amide bonds. The quantitative estimate of drug-likeness (QED) is 0.758. The monoisotopic (exact) mass is 442 g/mol. The SMILES string of the molecule is O=C(c1ccc(F)c(F)c1)N1CCCC(C2NNCC2c2ccnc(N3CCCC3)n2)C1. The van der Waals surface area contributed by atoms with E-state index >= 15 is 0 Å². The second-order valence-electron chi connectivity index (χ2n) is 8.92. The van der Waals surface area contributed by atoms with Crippen LogP contribution in [0.25, 0.3) is 0 Å². The zero-order valence-electron chi connectivity index (χ0n) is 17.9. The molecule has 5 rings (SSSR count). The lowest BCUT2D eigenvalue weighted by atomic mass is 9.82. The van der Waals surface area contributed by atoms with Crippen LogP contribution >= 0.6 is 0 Å². The maximum absolute atomic E-state index is 13.6. The van der Waals surface area contributed by atoms with Crippen LogP contribution in [0.1, 0.15) is 47.7 Å². The fourth-order valence-electron chi connectivity index (χ4n) is 5.19. The number of halogens is 2. The molecule has 0 spiro atoms. The predicted molar refractivity (Wildman–Crippen MR) is 116 cm³/mol. The third kappa shape index (κ3) is 4.19. The highest BCUT2D eigenvalue weighted by atomic mass is 19.2. The number of piperidine rings is 1. The summed E-state index contributed by atoms with van der Waals surface area (Å²) in [7, 11) is 0. The number of aromatic nitrogens is 2. The number of likely N-dealkylation sites (tertiary alicyclic amines) is 1. The maximum Gasteiger partial charge on any atom is 0.253 e. The molecule has 2 N–H and O–H groups in total. The Morgan fingerprint density at radius 1 is 1.06 bits per heavy atom. The van der Waals surface area contributed by atoms with E-state index in [1.54, 1.807) is 4.90 Å². The van der Waals surface area contributed by atoms with Gasteiger partial charge in [0.05, 0.1) is 5.69 Å². The summed E-state index contributed by atoms with van der Waals surface area (Å²) in [5, 5.41) is 0. The van der Waals surface area contributed by atoms with Crippen molar-refractivity contribution in [2.75, 3.05) is 37.6 Å². The van der Waals surface area contributed by atoms with Gasteiger partial charge < -0.3 is 9.80 Å². The van der Waals surface area contributed by atoms with E-state index in [-0.39, 0.29) is 29.3 Å². The van der Waals surface area contributed by atoms with Crippen LogP contribution < -0.4 is 15.8 Å². The summed E-state index contributed by atoms with van der Waals surface area (Å²) in [5.74, 6) is -1.01. The molecule has 0 radical (unpaired) electrons. The van der Waals surface area contributed by atoms with Gasteiger partial charge in [0.15, 0.2) is 11.6 Å². The molecular formula is C23H28F2N6O. The average Bonchev–Trinajstić information content (AvgIpc) is 3.53. The number of hydrazine groups is 1. The Morgan fingerprint density at radius 2 is 1.91 bits per heavy atom. The smallest absolute Gasteiger partial charge is 0.253 e. The standard InChI is InChI=1S/C23H28F2N6O/c24-18-6-5-15(12-19(18)25)22(32)31-11-3-4-16(14-31)21-17(13-27-29-21)20-7-8-26-23(28-20)30-9-1-2-10-30/h5-8,12,16-17,21,27,29H,1-4,9-11,13-14H2. The summed E-state index contributed by atoms with van der Waals surface area (Å²) in [4.78, 5) is 26.3. The molecule has 3 aliphatic rings. The van der Waals surface area contributed by atoms with Crippen molar-refractivity contribution in [3.05, 3.63) is 53.4 Å². The number of amides is 1. The fraction of sp³-hybridized carbons (Fsp3) is 0.522. The van der Waals surface area contributed by atoms with Crippen LogP contribution in [0.2, 0.25) is 0 Å². The minimum atomic E-state index is -0.997. The molecular weight excluding hydrogens is 414 g/mol. The van der Waals surface area contributed by atoms with E-state index in [2.05, 4.69) is 20.7 Å². The normalized spacial score (nSPS) is 26.0. The van der Waals surface area contributed by atoms with Gasteiger partial charge in [0, 0.05) is 56.4 Å². The first kappa shape index (κ1) is 21.2. The first-order valence-corrected chi connectivity index (χ1v) is 11.4. The molecule has 3 atom stereocenters. The molecule has 3 fully saturated rings. The van der Waals surface area contributed by atoms with Gasteiger partial charge in [0.2, 0.25) is 5.95 Å². The molecule has 3 aliphatic heterocycles. The molecule has 170 valence electrons. The van der Waals surface area contributed by atoms with Crippen molar-refractivity contribution >= 4 is 11.9 Å². The second-order valence-corrected chi connectivity index (χ2v) is 8.92. The lowest BCUT2D eigenvalue weighted by Crippen LogP contribution is -2.48. The van der Waals surface area contributed by atoms with E-state index in [1.807, 2.05) is 12.3 Å². The van der Waals surface area contributed by atoms with Crippen LogP contribution in [0, 0.1) is 17.6 Å². The summed E-state index contributed by atoms with van der Waals surface area (Å²) >= 11 is 0. The fourth-order valence-corrected chi connectivity index (χ4v) is 5.19. The number of rotatable bonds is 4.